The molecule has 0 unspecified atom stereocenters. The standard InChI is InChI=1S/C17H18N5.U/c1-12-7-8-14(22-10-3-2-4-11-22)19-15(12)16-13-6-5-9-18-17(13)21-20-16;/h3,5-9H,2,4,10-11H2,1H3,(H,18,20,21);/q-1;. The Labute approximate surface area is 159 Å². The van der Waals surface area contributed by atoms with E-state index < -0.39 is 0 Å². The number of rotatable bonds is 2. The number of hydrogen-bond donors (Lipinski definition) is 1. The van der Waals surface area contributed by atoms with Crippen molar-refractivity contribution in [2.45, 2.75) is 19.8 Å². The van der Waals surface area contributed by atoms with E-state index in [-0.39, 0.29) is 31.1 Å². The van der Waals surface area contributed by atoms with E-state index in [0.29, 0.717) is 0 Å². The third-order valence-corrected chi connectivity index (χ3v) is 4.16. The molecular formula is C17H18N5U-. The van der Waals surface area contributed by atoms with Crippen LogP contribution in [0.4, 0.5) is 5.82 Å². The maximum atomic E-state index is 4.90. The van der Waals surface area contributed by atoms with Gasteiger partial charge in [0, 0.05) is 49.2 Å². The van der Waals surface area contributed by atoms with Crippen LogP contribution in [0.5, 0.6) is 0 Å². The molecule has 5 nitrogen and oxygen atoms in total. The van der Waals surface area contributed by atoms with Gasteiger partial charge in [-0.15, -0.1) is 6.54 Å². The summed E-state index contributed by atoms with van der Waals surface area (Å²) < 4.78 is 0. The Hall–Kier alpha value is -1.38. The molecule has 1 saturated heterocycles. The minimum Gasteiger partial charge on any atom is -0.386 e. The van der Waals surface area contributed by atoms with E-state index in [4.69, 9.17) is 4.98 Å². The fourth-order valence-corrected chi connectivity index (χ4v) is 2.95. The zero-order chi connectivity index (χ0) is 14.9. The molecular weight excluding hydrogens is 512 g/mol. The number of anilines is 1. The van der Waals surface area contributed by atoms with Gasteiger partial charge in [-0.3, -0.25) is 5.10 Å². The van der Waals surface area contributed by atoms with Gasteiger partial charge in [-0.25, -0.2) is 9.97 Å². The molecule has 4 rings (SSSR count). The second-order valence-electron chi connectivity index (χ2n) is 5.69. The molecule has 23 heavy (non-hydrogen) atoms. The van der Waals surface area contributed by atoms with E-state index in [1.165, 1.54) is 12.8 Å². The molecule has 1 aliphatic rings. The van der Waals surface area contributed by atoms with Crippen molar-refractivity contribution in [3.63, 3.8) is 0 Å². The molecule has 0 aromatic carbocycles. The number of nitrogens with one attached hydrogen (secondary N) is 1. The topological polar surface area (TPSA) is 57.7 Å². The molecule has 1 aliphatic heterocycles. The number of H-pyrrole nitrogens is 1. The van der Waals surface area contributed by atoms with Crippen molar-refractivity contribution in [2.24, 2.45) is 0 Å². The van der Waals surface area contributed by atoms with Gasteiger partial charge in [0.15, 0.2) is 5.65 Å². The van der Waals surface area contributed by atoms with Crippen LogP contribution in [0.1, 0.15) is 18.4 Å². The third-order valence-electron chi connectivity index (χ3n) is 4.16. The van der Waals surface area contributed by atoms with E-state index >= 15 is 0 Å². The summed E-state index contributed by atoms with van der Waals surface area (Å²) in [6, 6.07) is 8.20. The van der Waals surface area contributed by atoms with Crippen molar-refractivity contribution in [3.05, 3.63) is 42.4 Å². The molecule has 4 heterocycles. The molecule has 1 fully saturated rings. The molecule has 0 bridgehead atoms. The van der Waals surface area contributed by atoms with Gasteiger partial charge in [0.05, 0.1) is 11.4 Å². The predicted octanol–water partition coefficient (Wildman–Crippen LogP) is 3.13. The van der Waals surface area contributed by atoms with E-state index in [0.717, 1.165) is 46.9 Å². The van der Waals surface area contributed by atoms with E-state index in [9.17, 15) is 0 Å². The Morgan fingerprint density at radius 3 is 3.00 bits per heavy atom. The average Bonchev–Trinajstić information content (AvgIpc) is 3.00. The van der Waals surface area contributed by atoms with Crippen LogP contribution in [0.15, 0.2) is 30.5 Å². The summed E-state index contributed by atoms with van der Waals surface area (Å²) >= 11 is 0. The largest absolute Gasteiger partial charge is 0.386 e. The molecule has 0 saturated carbocycles. The van der Waals surface area contributed by atoms with Gasteiger partial charge in [-0.1, -0.05) is 12.5 Å². The first-order valence-corrected chi connectivity index (χ1v) is 7.66. The Balaban J connectivity index is 0.00000156. The minimum absolute atomic E-state index is 0. The Morgan fingerprint density at radius 2 is 2.17 bits per heavy atom. The normalized spacial score (nSPS) is 14.7. The number of hydrogen-bond acceptors (Lipinski definition) is 4. The van der Waals surface area contributed by atoms with Crippen LogP contribution < -0.4 is 4.90 Å². The van der Waals surface area contributed by atoms with Gasteiger partial charge < -0.3 is 11.3 Å². The second-order valence-corrected chi connectivity index (χ2v) is 5.69. The van der Waals surface area contributed by atoms with Crippen LogP contribution in [0, 0.1) is 44.5 Å². The Kier molecular flexibility index (Phi) is 5.03. The van der Waals surface area contributed by atoms with Crippen LogP contribution >= 0.6 is 0 Å². The molecule has 0 radical (unpaired) electrons. The second kappa shape index (κ2) is 7.02. The van der Waals surface area contributed by atoms with E-state index in [1.807, 2.05) is 12.1 Å². The van der Waals surface area contributed by atoms with Crippen molar-refractivity contribution in [1.29, 1.82) is 0 Å². The van der Waals surface area contributed by atoms with Crippen LogP contribution in [-0.2, 0) is 0 Å². The number of piperidine rings is 1. The van der Waals surface area contributed by atoms with Crippen molar-refractivity contribution in [1.82, 2.24) is 20.2 Å². The fraction of sp³-hybridized carbons (Fsp3) is 0.294. The van der Waals surface area contributed by atoms with Gasteiger partial charge in [0.2, 0.25) is 0 Å². The summed E-state index contributed by atoms with van der Waals surface area (Å²) in [6.45, 7) is 4.12. The first-order valence-electron chi connectivity index (χ1n) is 7.66. The molecule has 0 atom stereocenters. The van der Waals surface area contributed by atoms with Gasteiger partial charge in [0.25, 0.3) is 0 Å². The van der Waals surface area contributed by atoms with Crippen LogP contribution in [0.25, 0.3) is 22.4 Å². The smallest absolute Gasteiger partial charge is 0.181 e. The first kappa shape index (κ1) is 16.5. The number of aromatic amines is 1. The third kappa shape index (κ3) is 3.15. The van der Waals surface area contributed by atoms with Gasteiger partial charge in [-0.05, 0) is 30.7 Å². The van der Waals surface area contributed by atoms with Crippen LogP contribution in [0.2, 0.25) is 0 Å². The first-order chi connectivity index (χ1) is 10.8. The van der Waals surface area contributed by atoms with E-state index in [2.05, 4.69) is 45.6 Å². The Morgan fingerprint density at radius 1 is 1.26 bits per heavy atom. The van der Waals surface area contributed by atoms with Gasteiger partial charge in [-0.2, -0.15) is 11.5 Å². The predicted molar refractivity (Wildman–Crippen MR) is 87.6 cm³/mol. The summed E-state index contributed by atoms with van der Waals surface area (Å²) in [7, 11) is 0. The zero-order valence-corrected chi connectivity index (χ0v) is 17.2. The molecule has 116 valence electrons. The number of aromatic nitrogens is 4. The van der Waals surface area contributed by atoms with Gasteiger partial charge in [0.1, 0.15) is 5.82 Å². The summed E-state index contributed by atoms with van der Waals surface area (Å²) in [5.41, 5.74) is 3.77. The van der Waals surface area contributed by atoms with E-state index in [1.54, 1.807) is 6.20 Å². The number of aryl methyl sites for hydroxylation is 1. The van der Waals surface area contributed by atoms with Crippen molar-refractivity contribution in [3.8, 4) is 11.4 Å². The SMILES string of the molecule is Cc1ccc(N2C[CH-]CCC2)nc1-c1[nH]nc2ncccc12.[U]. The fourth-order valence-electron chi connectivity index (χ4n) is 2.95. The molecule has 6 heteroatoms. The number of fused-ring (bicyclic) bond motifs is 1. The maximum Gasteiger partial charge on any atom is 0.181 e. The number of nitrogens with zero attached hydrogens (tertiary/aromatic N) is 4. The summed E-state index contributed by atoms with van der Waals surface area (Å²) in [5, 5.41) is 8.40. The van der Waals surface area contributed by atoms with Crippen LogP contribution in [0.3, 0.4) is 0 Å². The van der Waals surface area contributed by atoms with Crippen molar-refractivity contribution >= 4 is 16.9 Å². The molecule has 0 spiro atoms. The number of pyridine rings is 2. The zero-order valence-electron chi connectivity index (χ0n) is 13.1. The van der Waals surface area contributed by atoms with Crippen molar-refractivity contribution < 1.29 is 31.1 Å². The molecule has 3 aromatic rings. The van der Waals surface area contributed by atoms with Crippen molar-refractivity contribution in [2.75, 3.05) is 18.0 Å². The summed E-state index contributed by atoms with van der Waals surface area (Å²) in [5.74, 6) is 1.03. The molecule has 0 amide bonds. The average molecular weight is 530 g/mol. The monoisotopic (exact) mass is 530 g/mol. The minimum atomic E-state index is 0. The van der Waals surface area contributed by atoms with Crippen LogP contribution in [-0.4, -0.2) is 33.3 Å². The summed E-state index contributed by atoms with van der Waals surface area (Å²) in [6.07, 6.45) is 6.47. The maximum absolute atomic E-state index is 4.90. The Bertz CT molecular complexity index is 808. The quantitative estimate of drug-likeness (QED) is 0.518. The summed E-state index contributed by atoms with van der Waals surface area (Å²) in [4.78, 5) is 11.5. The molecule has 1 N–H and O–H groups in total. The molecule has 3 aromatic heterocycles. The van der Waals surface area contributed by atoms with Gasteiger partial charge >= 0.3 is 0 Å². The molecule has 0 aliphatic carbocycles.